The molecule has 2 aliphatic rings. The maximum Gasteiger partial charge on any atom is 0.407 e. The molecule has 0 bridgehead atoms. The Hall–Kier alpha value is -4.13. The number of carboxylic acid groups (broad SMARTS) is 1. The lowest BCUT2D eigenvalue weighted by atomic mass is 9.88. The van der Waals surface area contributed by atoms with E-state index in [-0.39, 0.29) is 24.9 Å². The van der Waals surface area contributed by atoms with Crippen LogP contribution in [0.4, 0.5) is 4.79 Å². The maximum atomic E-state index is 12.6. The Morgan fingerprint density at radius 2 is 1.50 bits per heavy atom. The zero-order valence-corrected chi connectivity index (χ0v) is 21.4. The lowest BCUT2D eigenvalue weighted by molar-refractivity contribution is -0.139. The van der Waals surface area contributed by atoms with Crippen molar-refractivity contribution in [2.45, 2.75) is 44.1 Å². The maximum absolute atomic E-state index is 12.6. The number of piperidine rings is 1. The third kappa shape index (κ3) is 5.42. The van der Waals surface area contributed by atoms with E-state index in [1.165, 1.54) is 5.56 Å². The highest BCUT2D eigenvalue weighted by atomic mass is 16.5. The van der Waals surface area contributed by atoms with E-state index in [1.807, 2.05) is 65.6 Å². The standard InChI is InChI=1S/C31H32N2O5/c1-20(34)33-16-14-23(15-17-33)22-12-10-21(11-13-22)18-29(30(35)36)32-31(37)38-19-28-26-8-4-2-6-24(26)25-7-3-5-9-27(25)28/h2-13,23,28-29H,14-19H2,1H3,(H,32,37)(H,35,36)/t29-/m0/s1. The number of hydrogen-bond acceptors (Lipinski definition) is 4. The minimum Gasteiger partial charge on any atom is -0.480 e. The summed E-state index contributed by atoms with van der Waals surface area (Å²) in [5, 5.41) is 12.3. The number of likely N-dealkylation sites (tertiary alicyclic amines) is 1. The van der Waals surface area contributed by atoms with Crippen LogP contribution in [0.5, 0.6) is 0 Å². The Morgan fingerprint density at radius 1 is 0.921 bits per heavy atom. The Bertz CT molecular complexity index is 1280. The first-order valence-corrected chi connectivity index (χ1v) is 13.1. The number of ether oxygens (including phenoxy) is 1. The molecule has 7 heteroatoms. The second kappa shape index (κ2) is 11.1. The van der Waals surface area contributed by atoms with Crippen molar-refractivity contribution in [2.24, 2.45) is 0 Å². The molecule has 1 fully saturated rings. The molecule has 1 atom stereocenters. The van der Waals surface area contributed by atoms with Gasteiger partial charge in [-0.15, -0.1) is 0 Å². The summed E-state index contributed by atoms with van der Waals surface area (Å²) in [6.45, 7) is 3.24. The smallest absolute Gasteiger partial charge is 0.407 e. The van der Waals surface area contributed by atoms with Gasteiger partial charge in [-0.05, 0) is 52.1 Å². The van der Waals surface area contributed by atoms with Gasteiger partial charge in [-0.3, -0.25) is 4.79 Å². The van der Waals surface area contributed by atoms with Crippen molar-refractivity contribution in [3.63, 3.8) is 0 Å². The van der Waals surface area contributed by atoms with E-state index in [0.29, 0.717) is 5.92 Å². The third-order valence-corrected chi connectivity index (χ3v) is 7.77. The number of nitrogens with one attached hydrogen (secondary N) is 1. The average molecular weight is 513 g/mol. The predicted molar refractivity (Wildman–Crippen MR) is 144 cm³/mol. The summed E-state index contributed by atoms with van der Waals surface area (Å²) in [5.74, 6) is -0.707. The van der Waals surface area contributed by atoms with Crippen molar-refractivity contribution in [3.8, 4) is 11.1 Å². The molecule has 0 unspecified atom stereocenters. The number of hydrogen-bond donors (Lipinski definition) is 2. The number of benzene rings is 3. The molecule has 7 nitrogen and oxygen atoms in total. The molecule has 0 saturated carbocycles. The third-order valence-electron chi connectivity index (χ3n) is 7.77. The van der Waals surface area contributed by atoms with Crippen molar-refractivity contribution in [1.29, 1.82) is 0 Å². The summed E-state index contributed by atoms with van der Waals surface area (Å²) < 4.78 is 5.54. The van der Waals surface area contributed by atoms with Crippen molar-refractivity contribution in [1.82, 2.24) is 10.2 Å². The number of alkyl carbamates (subject to hydrolysis) is 1. The van der Waals surface area contributed by atoms with Crippen LogP contribution >= 0.6 is 0 Å². The summed E-state index contributed by atoms with van der Waals surface area (Å²) in [5.41, 5.74) is 6.48. The van der Waals surface area contributed by atoms with E-state index < -0.39 is 18.1 Å². The van der Waals surface area contributed by atoms with Gasteiger partial charge in [0.15, 0.2) is 0 Å². The summed E-state index contributed by atoms with van der Waals surface area (Å²) >= 11 is 0. The second-order valence-electron chi connectivity index (χ2n) is 10.1. The summed E-state index contributed by atoms with van der Waals surface area (Å²) in [6, 6.07) is 22.9. The zero-order valence-electron chi connectivity index (χ0n) is 21.4. The van der Waals surface area contributed by atoms with Crippen molar-refractivity contribution < 1.29 is 24.2 Å². The van der Waals surface area contributed by atoms with Crippen molar-refractivity contribution >= 4 is 18.0 Å². The lowest BCUT2D eigenvalue weighted by Crippen LogP contribution is -2.42. The van der Waals surface area contributed by atoms with Crippen molar-refractivity contribution in [3.05, 3.63) is 95.1 Å². The van der Waals surface area contributed by atoms with E-state index in [2.05, 4.69) is 17.4 Å². The fourth-order valence-electron chi connectivity index (χ4n) is 5.67. The number of carboxylic acids is 1. The van der Waals surface area contributed by atoms with Crippen LogP contribution in [-0.2, 0) is 20.7 Å². The van der Waals surface area contributed by atoms with Gasteiger partial charge in [-0.1, -0.05) is 72.8 Å². The lowest BCUT2D eigenvalue weighted by Gasteiger charge is -2.31. The largest absolute Gasteiger partial charge is 0.480 e. The highest BCUT2D eigenvalue weighted by Gasteiger charge is 2.30. The molecule has 0 spiro atoms. The average Bonchev–Trinajstić information content (AvgIpc) is 3.25. The molecule has 3 aromatic carbocycles. The SMILES string of the molecule is CC(=O)N1CCC(c2ccc(C[C@H](NC(=O)OCC3c4ccccc4-c4ccccc43)C(=O)O)cc2)CC1. The fraction of sp³-hybridized carbons (Fsp3) is 0.323. The quantitative estimate of drug-likeness (QED) is 0.467. The summed E-state index contributed by atoms with van der Waals surface area (Å²) in [4.78, 5) is 38.0. The molecule has 1 aliphatic carbocycles. The van der Waals surface area contributed by atoms with Crippen molar-refractivity contribution in [2.75, 3.05) is 19.7 Å². The number of rotatable bonds is 7. The number of fused-ring (bicyclic) bond motifs is 3. The van der Waals surface area contributed by atoms with Gasteiger partial charge in [0, 0.05) is 32.4 Å². The predicted octanol–water partition coefficient (Wildman–Crippen LogP) is 4.95. The molecule has 1 aliphatic heterocycles. The normalized spacial score (nSPS) is 15.9. The Kier molecular flexibility index (Phi) is 7.45. The molecule has 3 aromatic rings. The van der Waals surface area contributed by atoms with Gasteiger partial charge in [-0.2, -0.15) is 0 Å². The first-order chi connectivity index (χ1) is 18.4. The first-order valence-electron chi connectivity index (χ1n) is 13.1. The van der Waals surface area contributed by atoms with Gasteiger partial charge in [0.1, 0.15) is 12.6 Å². The van der Waals surface area contributed by atoms with Crippen LogP contribution in [0.15, 0.2) is 72.8 Å². The molecule has 196 valence electrons. The van der Waals surface area contributed by atoms with Crippen LogP contribution in [0.1, 0.15) is 53.9 Å². The topological polar surface area (TPSA) is 95.9 Å². The van der Waals surface area contributed by atoms with E-state index in [9.17, 15) is 19.5 Å². The van der Waals surface area contributed by atoms with E-state index in [1.54, 1.807) is 6.92 Å². The second-order valence-corrected chi connectivity index (χ2v) is 10.1. The van der Waals surface area contributed by atoms with E-state index >= 15 is 0 Å². The molecule has 5 rings (SSSR count). The number of carbonyl (C=O) groups excluding carboxylic acids is 2. The number of nitrogens with zero attached hydrogens (tertiary/aromatic N) is 1. The molecule has 0 aromatic heterocycles. The molecule has 2 amide bonds. The summed E-state index contributed by atoms with van der Waals surface area (Å²) in [6.07, 6.45) is 1.25. The van der Waals surface area contributed by atoms with E-state index in [0.717, 1.165) is 53.7 Å². The minimum atomic E-state index is -1.11. The number of amides is 2. The van der Waals surface area contributed by atoms with Gasteiger partial charge in [0.2, 0.25) is 5.91 Å². The molecular formula is C31H32N2O5. The minimum absolute atomic E-state index is 0.0914. The van der Waals surface area contributed by atoms with Gasteiger partial charge < -0.3 is 20.1 Å². The molecular weight excluding hydrogens is 480 g/mol. The molecule has 0 radical (unpaired) electrons. The molecule has 1 heterocycles. The van der Waals surface area contributed by atoms with Crippen LogP contribution in [0.3, 0.4) is 0 Å². The monoisotopic (exact) mass is 512 g/mol. The molecule has 2 N–H and O–H groups in total. The fourth-order valence-corrected chi connectivity index (χ4v) is 5.67. The van der Waals surface area contributed by atoms with Crippen LogP contribution in [0.2, 0.25) is 0 Å². The van der Waals surface area contributed by atoms with Gasteiger partial charge in [-0.25, -0.2) is 9.59 Å². The first kappa shape index (κ1) is 25.5. The molecule has 38 heavy (non-hydrogen) atoms. The summed E-state index contributed by atoms with van der Waals surface area (Å²) in [7, 11) is 0. The van der Waals surface area contributed by atoms with Gasteiger partial charge in [0.25, 0.3) is 0 Å². The zero-order chi connectivity index (χ0) is 26.6. The molecule has 1 saturated heterocycles. The number of carbonyl (C=O) groups is 3. The van der Waals surface area contributed by atoms with Crippen LogP contribution < -0.4 is 5.32 Å². The number of aliphatic carboxylic acids is 1. The highest BCUT2D eigenvalue weighted by Crippen LogP contribution is 2.44. The Balaban J connectivity index is 1.17. The Labute approximate surface area is 222 Å². The van der Waals surface area contributed by atoms with E-state index in [4.69, 9.17) is 4.74 Å². The van der Waals surface area contributed by atoms with Gasteiger partial charge >= 0.3 is 12.1 Å². The van der Waals surface area contributed by atoms with Gasteiger partial charge in [0.05, 0.1) is 0 Å². The van der Waals surface area contributed by atoms with Crippen LogP contribution in [-0.4, -0.2) is 53.7 Å². The van der Waals surface area contributed by atoms with Crippen LogP contribution in [0, 0.1) is 0 Å². The highest BCUT2D eigenvalue weighted by molar-refractivity contribution is 5.81. The Morgan fingerprint density at radius 3 is 2.05 bits per heavy atom. The van der Waals surface area contributed by atoms with Crippen LogP contribution in [0.25, 0.3) is 11.1 Å².